The number of halogens is 3. The van der Waals surface area contributed by atoms with E-state index in [1.807, 2.05) is 0 Å². The monoisotopic (exact) mass is 265 g/mol. The summed E-state index contributed by atoms with van der Waals surface area (Å²) >= 11 is 17.3. The van der Waals surface area contributed by atoms with E-state index >= 15 is 0 Å². The van der Waals surface area contributed by atoms with Crippen LogP contribution in [0.5, 0.6) is 5.75 Å². The zero-order valence-electron chi connectivity index (χ0n) is 7.45. The van der Waals surface area contributed by atoms with Crippen LogP contribution in [-0.4, -0.2) is 13.2 Å². The topological polar surface area (TPSA) is 58.0 Å². The molecule has 0 bridgehead atoms. The summed E-state index contributed by atoms with van der Waals surface area (Å²) < 4.78 is 5.23. The van der Waals surface area contributed by atoms with Gasteiger partial charge in [0.25, 0.3) is 0 Å². The van der Waals surface area contributed by atoms with Crippen molar-refractivity contribution in [3.8, 4) is 5.75 Å². The number of hydrogen-bond donors (Lipinski definition) is 0. The van der Waals surface area contributed by atoms with Gasteiger partial charge in [0.1, 0.15) is 5.75 Å². The van der Waals surface area contributed by atoms with Crippen LogP contribution in [-0.2, 0) is 0 Å². The maximum Gasteiger partial charge on any atom is 0.139 e. The molecule has 1 aromatic rings. The van der Waals surface area contributed by atoms with E-state index in [2.05, 4.69) is 10.0 Å². The van der Waals surface area contributed by atoms with E-state index in [0.29, 0.717) is 20.8 Å². The first-order chi connectivity index (χ1) is 7.15. The summed E-state index contributed by atoms with van der Waals surface area (Å²) in [7, 11) is 0. The van der Waals surface area contributed by atoms with Gasteiger partial charge in [-0.05, 0) is 11.6 Å². The zero-order valence-corrected chi connectivity index (χ0v) is 9.72. The summed E-state index contributed by atoms with van der Waals surface area (Å²) in [5, 5.41) is 4.40. The molecule has 0 spiro atoms. The molecular formula is C8H6Cl3N3O. The SMILES string of the molecule is [N-]=[N+]=NCCOc1cc(Cl)c(Cl)cc1Cl. The zero-order chi connectivity index (χ0) is 11.3. The molecule has 0 saturated heterocycles. The minimum Gasteiger partial charge on any atom is -0.492 e. The third-order valence-electron chi connectivity index (χ3n) is 1.49. The second-order valence-electron chi connectivity index (χ2n) is 2.50. The van der Waals surface area contributed by atoms with Crippen molar-refractivity contribution in [3.05, 3.63) is 37.6 Å². The standard InChI is InChI=1S/C8H6Cl3N3O/c9-5-3-7(11)8(4-6(5)10)15-2-1-13-14-12/h3-4H,1-2H2. The molecule has 4 nitrogen and oxygen atoms in total. The van der Waals surface area contributed by atoms with Gasteiger partial charge in [-0.1, -0.05) is 39.9 Å². The van der Waals surface area contributed by atoms with E-state index in [1.165, 1.54) is 12.1 Å². The van der Waals surface area contributed by atoms with E-state index in [1.54, 1.807) is 0 Å². The highest BCUT2D eigenvalue weighted by Crippen LogP contribution is 2.33. The molecule has 0 unspecified atom stereocenters. The maximum absolute atomic E-state index is 8.04. The number of rotatable bonds is 4. The van der Waals surface area contributed by atoms with Gasteiger partial charge in [-0.3, -0.25) is 0 Å². The molecule has 0 aliphatic rings. The van der Waals surface area contributed by atoms with Crippen molar-refractivity contribution in [1.29, 1.82) is 0 Å². The lowest BCUT2D eigenvalue weighted by Gasteiger charge is -2.07. The molecule has 0 radical (unpaired) electrons. The van der Waals surface area contributed by atoms with Crippen LogP contribution in [0, 0.1) is 0 Å². The van der Waals surface area contributed by atoms with Crippen LogP contribution in [0.2, 0.25) is 15.1 Å². The average molecular weight is 267 g/mol. The number of azide groups is 1. The fourth-order valence-corrected chi connectivity index (χ4v) is 1.45. The fraction of sp³-hybridized carbons (Fsp3) is 0.250. The molecule has 0 aromatic heterocycles. The Kier molecular flexibility index (Phi) is 4.85. The average Bonchev–Trinajstić information content (AvgIpc) is 2.20. The van der Waals surface area contributed by atoms with Crippen molar-refractivity contribution in [3.63, 3.8) is 0 Å². The van der Waals surface area contributed by atoms with E-state index in [9.17, 15) is 0 Å². The van der Waals surface area contributed by atoms with Crippen molar-refractivity contribution in [1.82, 2.24) is 0 Å². The van der Waals surface area contributed by atoms with Crippen LogP contribution in [0.4, 0.5) is 0 Å². The normalized spacial score (nSPS) is 9.53. The molecule has 0 aliphatic carbocycles. The van der Waals surface area contributed by atoms with Crippen LogP contribution >= 0.6 is 34.8 Å². The molecule has 15 heavy (non-hydrogen) atoms. The van der Waals surface area contributed by atoms with Crippen LogP contribution in [0.1, 0.15) is 0 Å². The number of ether oxygens (including phenoxy) is 1. The summed E-state index contributed by atoms with van der Waals surface area (Å²) in [6.07, 6.45) is 0. The highest BCUT2D eigenvalue weighted by Gasteiger charge is 2.06. The van der Waals surface area contributed by atoms with Gasteiger partial charge in [-0.2, -0.15) is 0 Å². The predicted molar refractivity (Wildman–Crippen MR) is 61.0 cm³/mol. The third kappa shape index (κ3) is 3.68. The smallest absolute Gasteiger partial charge is 0.139 e. The molecule has 0 N–H and O–H groups in total. The first kappa shape index (κ1) is 12.3. The molecule has 0 amide bonds. The van der Waals surface area contributed by atoms with Crippen molar-refractivity contribution >= 4 is 34.8 Å². The summed E-state index contributed by atoms with van der Waals surface area (Å²) in [5.74, 6) is 0.416. The first-order valence-electron chi connectivity index (χ1n) is 3.93. The van der Waals surface area contributed by atoms with Crippen LogP contribution < -0.4 is 4.74 Å². The van der Waals surface area contributed by atoms with E-state index in [-0.39, 0.29) is 13.2 Å². The molecule has 1 aromatic carbocycles. The third-order valence-corrected chi connectivity index (χ3v) is 2.50. The largest absolute Gasteiger partial charge is 0.492 e. The number of nitrogens with zero attached hydrogens (tertiary/aromatic N) is 3. The number of benzene rings is 1. The van der Waals surface area contributed by atoms with Gasteiger partial charge in [-0.25, -0.2) is 0 Å². The Morgan fingerprint density at radius 2 is 1.87 bits per heavy atom. The van der Waals surface area contributed by atoms with Crippen LogP contribution in [0.25, 0.3) is 10.4 Å². The van der Waals surface area contributed by atoms with Gasteiger partial charge in [-0.15, -0.1) is 0 Å². The van der Waals surface area contributed by atoms with Crippen LogP contribution in [0.3, 0.4) is 0 Å². The van der Waals surface area contributed by atoms with E-state index < -0.39 is 0 Å². The number of hydrogen-bond acceptors (Lipinski definition) is 2. The lowest BCUT2D eigenvalue weighted by Crippen LogP contribution is -2.00. The van der Waals surface area contributed by atoms with Crippen molar-refractivity contribution in [2.45, 2.75) is 0 Å². The summed E-state index contributed by atoms with van der Waals surface area (Å²) in [6, 6.07) is 3.01. The van der Waals surface area contributed by atoms with E-state index in [0.717, 1.165) is 0 Å². The Hall–Kier alpha value is -0.800. The van der Waals surface area contributed by atoms with Gasteiger partial charge >= 0.3 is 0 Å². The molecule has 0 aliphatic heterocycles. The Morgan fingerprint density at radius 1 is 1.20 bits per heavy atom. The van der Waals surface area contributed by atoms with Crippen molar-refractivity contribution in [2.24, 2.45) is 5.11 Å². The fourth-order valence-electron chi connectivity index (χ4n) is 0.856. The summed E-state index contributed by atoms with van der Waals surface area (Å²) in [4.78, 5) is 2.59. The van der Waals surface area contributed by atoms with Gasteiger partial charge in [0.05, 0.1) is 28.2 Å². The maximum atomic E-state index is 8.04. The minimum absolute atomic E-state index is 0.229. The lowest BCUT2D eigenvalue weighted by atomic mass is 10.3. The Morgan fingerprint density at radius 3 is 2.53 bits per heavy atom. The quantitative estimate of drug-likeness (QED) is 0.263. The predicted octanol–water partition coefficient (Wildman–Crippen LogP) is 4.34. The Bertz CT molecular complexity index is 404. The first-order valence-corrected chi connectivity index (χ1v) is 5.06. The highest BCUT2D eigenvalue weighted by molar-refractivity contribution is 6.43. The molecule has 0 atom stereocenters. The van der Waals surface area contributed by atoms with Crippen molar-refractivity contribution < 1.29 is 4.74 Å². The van der Waals surface area contributed by atoms with Crippen LogP contribution in [0.15, 0.2) is 17.2 Å². The molecular weight excluding hydrogens is 260 g/mol. The molecule has 0 saturated carbocycles. The molecule has 1 rings (SSSR count). The van der Waals surface area contributed by atoms with Gasteiger partial charge < -0.3 is 4.74 Å². The van der Waals surface area contributed by atoms with Gasteiger partial charge in [0.15, 0.2) is 0 Å². The molecule has 0 heterocycles. The van der Waals surface area contributed by atoms with Gasteiger partial charge in [0.2, 0.25) is 0 Å². The second kappa shape index (κ2) is 5.93. The van der Waals surface area contributed by atoms with Crippen molar-refractivity contribution in [2.75, 3.05) is 13.2 Å². The Balaban J connectivity index is 2.68. The minimum atomic E-state index is 0.229. The lowest BCUT2D eigenvalue weighted by molar-refractivity contribution is 0.328. The summed E-state index contributed by atoms with van der Waals surface area (Å²) in [5.41, 5.74) is 8.04. The molecule has 7 heteroatoms. The highest BCUT2D eigenvalue weighted by atomic mass is 35.5. The molecule has 80 valence electrons. The molecule has 0 fully saturated rings. The van der Waals surface area contributed by atoms with E-state index in [4.69, 9.17) is 45.1 Å². The van der Waals surface area contributed by atoms with Gasteiger partial charge in [0, 0.05) is 11.0 Å². The summed E-state index contributed by atoms with van der Waals surface area (Å²) in [6.45, 7) is 0.467. The Labute approximate surface area is 101 Å². The second-order valence-corrected chi connectivity index (χ2v) is 3.72.